The summed E-state index contributed by atoms with van der Waals surface area (Å²) in [5.41, 5.74) is -1.65. The standard InChI is InChI=1S/C16H25NO5/c1-14(2,3)22-13(19)16-8-6-7-9-17(16)12(18)10-11(16)21-15(4,5)20-10/h10-11H,6-9H2,1-5H3/t10-,11+,16+/m0/s1. The highest BCUT2D eigenvalue weighted by atomic mass is 16.8. The molecule has 0 saturated carbocycles. The van der Waals surface area contributed by atoms with Crippen LogP contribution in [-0.4, -0.2) is 52.5 Å². The Hall–Kier alpha value is -1.14. The van der Waals surface area contributed by atoms with E-state index in [-0.39, 0.29) is 11.9 Å². The monoisotopic (exact) mass is 311 g/mol. The summed E-state index contributed by atoms with van der Waals surface area (Å²) in [4.78, 5) is 27.3. The summed E-state index contributed by atoms with van der Waals surface area (Å²) in [7, 11) is 0. The molecule has 0 spiro atoms. The van der Waals surface area contributed by atoms with Gasteiger partial charge in [-0.15, -0.1) is 0 Å². The van der Waals surface area contributed by atoms with E-state index in [0.29, 0.717) is 13.0 Å². The fraction of sp³-hybridized carbons (Fsp3) is 0.875. The number of ether oxygens (including phenoxy) is 3. The van der Waals surface area contributed by atoms with Gasteiger partial charge in [-0.25, -0.2) is 4.79 Å². The molecule has 0 aliphatic carbocycles. The number of hydrogen-bond acceptors (Lipinski definition) is 5. The predicted octanol–water partition coefficient (Wildman–Crippen LogP) is 1.61. The lowest BCUT2D eigenvalue weighted by atomic mass is 9.83. The van der Waals surface area contributed by atoms with Crippen LogP contribution in [0.2, 0.25) is 0 Å². The van der Waals surface area contributed by atoms with Crippen LogP contribution in [0, 0.1) is 0 Å². The van der Waals surface area contributed by atoms with Crippen LogP contribution in [0.3, 0.4) is 0 Å². The predicted molar refractivity (Wildman–Crippen MR) is 78.0 cm³/mol. The number of nitrogens with zero attached hydrogens (tertiary/aromatic N) is 1. The van der Waals surface area contributed by atoms with E-state index >= 15 is 0 Å². The van der Waals surface area contributed by atoms with Crippen molar-refractivity contribution in [2.24, 2.45) is 0 Å². The van der Waals surface area contributed by atoms with Crippen LogP contribution in [0.4, 0.5) is 0 Å². The Balaban J connectivity index is 2.00. The van der Waals surface area contributed by atoms with E-state index in [9.17, 15) is 9.59 Å². The fourth-order valence-electron chi connectivity index (χ4n) is 3.74. The zero-order valence-corrected chi connectivity index (χ0v) is 14.0. The second kappa shape index (κ2) is 4.68. The van der Waals surface area contributed by atoms with Crippen molar-refractivity contribution in [2.45, 2.75) is 83.0 Å². The number of carbonyl (C=O) groups is 2. The summed E-state index contributed by atoms with van der Waals surface area (Å²) in [6.07, 6.45) is 1.02. The highest BCUT2D eigenvalue weighted by Crippen LogP contribution is 2.48. The SMILES string of the molecule is CC(C)(C)OC(=O)[C@]12CCCCN1C(=O)[C@H]1OC(C)(C)O[C@H]12. The van der Waals surface area contributed by atoms with Gasteiger partial charge in [0.25, 0.3) is 5.91 Å². The van der Waals surface area contributed by atoms with E-state index in [0.717, 1.165) is 12.8 Å². The van der Waals surface area contributed by atoms with E-state index in [2.05, 4.69) is 0 Å². The van der Waals surface area contributed by atoms with Gasteiger partial charge in [-0.1, -0.05) is 0 Å². The van der Waals surface area contributed by atoms with Crippen LogP contribution in [0.25, 0.3) is 0 Å². The zero-order chi connectivity index (χ0) is 16.3. The quantitative estimate of drug-likeness (QED) is 0.688. The molecule has 6 nitrogen and oxygen atoms in total. The summed E-state index contributed by atoms with van der Waals surface area (Å²) in [6.45, 7) is 9.60. The van der Waals surface area contributed by atoms with Crippen molar-refractivity contribution in [3.05, 3.63) is 0 Å². The van der Waals surface area contributed by atoms with Gasteiger partial charge in [0.2, 0.25) is 0 Å². The second-order valence-electron chi connectivity index (χ2n) is 7.85. The van der Waals surface area contributed by atoms with Crippen molar-refractivity contribution in [1.29, 1.82) is 0 Å². The van der Waals surface area contributed by atoms with Gasteiger partial charge >= 0.3 is 5.97 Å². The Bertz CT molecular complexity index is 509. The van der Waals surface area contributed by atoms with Crippen molar-refractivity contribution >= 4 is 11.9 Å². The number of hydrogen-bond donors (Lipinski definition) is 0. The van der Waals surface area contributed by atoms with Gasteiger partial charge in [0.1, 0.15) is 11.7 Å². The third-order valence-electron chi connectivity index (χ3n) is 4.50. The summed E-state index contributed by atoms with van der Waals surface area (Å²) in [6, 6.07) is 0. The maximum absolute atomic E-state index is 13.0. The summed E-state index contributed by atoms with van der Waals surface area (Å²) < 4.78 is 17.4. The van der Waals surface area contributed by atoms with Crippen LogP contribution in [0.5, 0.6) is 0 Å². The van der Waals surface area contributed by atoms with Gasteiger partial charge in [0, 0.05) is 6.54 Å². The van der Waals surface area contributed by atoms with Crippen molar-refractivity contribution in [1.82, 2.24) is 4.90 Å². The Morgan fingerprint density at radius 1 is 1.27 bits per heavy atom. The topological polar surface area (TPSA) is 65.1 Å². The number of piperidine rings is 1. The van der Waals surface area contributed by atoms with Crippen LogP contribution in [-0.2, 0) is 23.8 Å². The van der Waals surface area contributed by atoms with Gasteiger partial charge in [0.15, 0.2) is 17.4 Å². The van der Waals surface area contributed by atoms with Crippen LogP contribution >= 0.6 is 0 Å². The molecule has 3 atom stereocenters. The third-order valence-corrected chi connectivity index (χ3v) is 4.50. The van der Waals surface area contributed by atoms with Gasteiger partial charge in [-0.3, -0.25) is 4.79 Å². The molecule has 3 rings (SSSR count). The molecule has 3 aliphatic rings. The zero-order valence-electron chi connectivity index (χ0n) is 14.0. The van der Waals surface area contributed by atoms with Crippen LogP contribution in [0.1, 0.15) is 53.9 Å². The molecule has 0 N–H and O–H groups in total. The minimum atomic E-state index is -1.04. The molecule has 0 aromatic carbocycles. The summed E-state index contributed by atoms with van der Waals surface area (Å²) in [5, 5.41) is 0. The second-order valence-corrected chi connectivity index (χ2v) is 7.85. The molecule has 3 saturated heterocycles. The molecular formula is C16H25NO5. The molecule has 3 fully saturated rings. The number of carbonyl (C=O) groups excluding carboxylic acids is 2. The first-order valence-electron chi connectivity index (χ1n) is 7.97. The van der Waals surface area contributed by atoms with E-state index in [4.69, 9.17) is 14.2 Å². The molecular weight excluding hydrogens is 286 g/mol. The molecule has 0 bridgehead atoms. The smallest absolute Gasteiger partial charge is 0.335 e. The van der Waals surface area contributed by atoms with Crippen molar-refractivity contribution in [3.63, 3.8) is 0 Å². The molecule has 0 radical (unpaired) electrons. The van der Waals surface area contributed by atoms with Crippen molar-refractivity contribution in [2.75, 3.05) is 6.54 Å². The first-order chi connectivity index (χ1) is 10.1. The van der Waals surface area contributed by atoms with E-state index < -0.39 is 29.1 Å². The first-order valence-corrected chi connectivity index (χ1v) is 7.97. The molecule has 1 amide bonds. The normalized spacial score (nSPS) is 37.0. The summed E-state index contributed by atoms with van der Waals surface area (Å²) >= 11 is 0. The molecule has 3 heterocycles. The van der Waals surface area contributed by atoms with Crippen molar-refractivity contribution < 1.29 is 23.8 Å². The maximum atomic E-state index is 13.0. The Kier molecular flexibility index (Phi) is 3.35. The molecule has 0 unspecified atom stereocenters. The van der Waals surface area contributed by atoms with Gasteiger partial charge < -0.3 is 19.1 Å². The maximum Gasteiger partial charge on any atom is 0.335 e. The lowest BCUT2D eigenvalue weighted by molar-refractivity contribution is -0.200. The van der Waals surface area contributed by atoms with E-state index in [1.807, 2.05) is 20.8 Å². The van der Waals surface area contributed by atoms with Crippen LogP contribution < -0.4 is 0 Å². The number of amides is 1. The largest absolute Gasteiger partial charge is 0.458 e. The Labute approximate surface area is 131 Å². The minimum Gasteiger partial charge on any atom is -0.458 e. The molecule has 3 aliphatic heterocycles. The lowest BCUT2D eigenvalue weighted by Gasteiger charge is -2.43. The van der Waals surface area contributed by atoms with E-state index in [1.165, 1.54) is 0 Å². The number of rotatable bonds is 1. The average molecular weight is 311 g/mol. The van der Waals surface area contributed by atoms with Crippen LogP contribution in [0.15, 0.2) is 0 Å². The summed E-state index contributed by atoms with van der Waals surface area (Å²) in [5.74, 6) is -1.38. The average Bonchev–Trinajstić information content (AvgIpc) is 2.81. The molecule has 22 heavy (non-hydrogen) atoms. The number of esters is 1. The lowest BCUT2D eigenvalue weighted by Crippen LogP contribution is -2.62. The minimum absolute atomic E-state index is 0.152. The highest BCUT2D eigenvalue weighted by molar-refractivity contribution is 5.96. The Morgan fingerprint density at radius 3 is 2.59 bits per heavy atom. The fourth-order valence-corrected chi connectivity index (χ4v) is 3.74. The third kappa shape index (κ3) is 2.24. The highest BCUT2D eigenvalue weighted by Gasteiger charge is 2.70. The molecule has 0 aromatic rings. The van der Waals surface area contributed by atoms with Gasteiger partial charge in [-0.05, 0) is 53.9 Å². The first kappa shape index (κ1) is 15.7. The molecule has 124 valence electrons. The molecule has 6 heteroatoms. The molecule has 0 aromatic heterocycles. The number of fused-ring (bicyclic) bond motifs is 3. The van der Waals surface area contributed by atoms with E-state index in [1.54, 1.807) is 18.7 Å². The van der Waals surface area contributed by atoms with Crippen molar-refractivity contribution in [3.8, 4) is 0 Å². The van der Waals surface area contributed by atoms with Gasteiger partial charge in [0.05, 0.1) is 0 Å². The van der Waals surface area contributed by atoms with Gasteiger partial charge in [-0.2, -0.15) is 0 Å². The Morgan fingerprint density at radius 2 is 1.95 bits per heavy atom.